The van der Waals surface area contributed by atoms with E-state index in [0.29, 0.717) is 41.8 Å². The molecular weight excluding hydrogens is 358 g/mol. The maximum atomic E-state index is 12.6. The van der Waals surface area contributed by atoms with Crippen LogP contribution in [0.3, 0.4) is 0 Å². The Hall–Kier alpha value is -3.74. The van der Waals surface area contributed by atoms with Crippen LogP contribution in [0, 0.1) is 0 Å². The van der Waals surface area contributed by atoms with Crippen LogP contribution in [-0.4, -0.2) is 31.2 Å². The van der Waals surface area contributed by atoms with Gasteiger partial charge in [-0.05, 0) is 36.4 Å². The van der Waals surface area contributed by atoms with Gasteiger partial charge in [-0.2, -0.15) is 0 Å². The van der Waals surface area contributed by atoms with Gasteiger partial charge in [-0.3, -0.25) is 4.79 Å². The fraction of sp³-hybridized carbons (Fsp3) is 0.143. The smallest absolute Gasteiger partial charge is 0.255 e. The van der Waals surface area contributed by atoms with Gasteiger partial charge in [0, 0.05) is 35.3 Å². The number of hydrogen-bond donors (Lipinski definition) is 2. The maximum absolute atomic E-state index is 12.6. The number of aromatic nitrogens is 1. The molecule has 1 aromatic heterocycles. The van der Waals surface area contributed by atoms with Gasteiger partial charge in [0.25, 0.3) is 5.91 Å². The summed E-state index contributed by atoms with van der Waals surface area (Å²) < 4.78 is 16.3. The van der Waals surface area contributed by atoms with Crippen molar-refractivity contribution in [1.82, 2.24) is 4.98 Å². The van der Waals surface area contributed by atoms with Gasteiger partial charge in [0.2, 0.25) is 0 Å². The molecule has 4 rings (SSSR count). The molecule has 0 radical (unpaired) electrons. The van der Waals surface area contributed by atoms with Crippen LogP contribution < -0.4 is 24.8 Å². The van der Waals surface area contributed by atoms with E-state index in [4.69, 9.17) is 14.2 Å². The van der Waals surface area contributed by atoms with Gasteiger partial charge in [0.05, 0.1) is 7.11 Å². The van der Waals surface area contributed by atoms with E-state index in [1.807, 2.05) is 24.3 Å². The third-order valence-corrected chi connectivity index (χ3v) is 4.16. The summed E-state index contributed by atoms with van der Waals surface area (Å²) in [6, 6.07) is 16.1. The number of fused-ring (bicyclic) bond motifs is 1. The number of anilines is 3. The predicted octanol–water partition coefficient (Wildman–Crippen LogP) is 3.86. The summed E-state index contributed by atoms with van der Waals surface area (Å²) in [5.74, 6) is 2.35. The molecule has 0 saturated carbocycles. The number of amides is 1. The van der Waals surface area contributed by atoms with Gasteiger partial charge in [0.1, 0.15) is 24.8 Å². The van der Waals surface area contributed by atoms with Gasteiger partial charge in [0.15, 0.2) is 11.5 Å². The number of benzene rings is 2. The Morgan fingerprint density at radius 1 is 1.00 bits per heavy atom. The maximum Gasteiger partial charge on any atom is 0.255 e. The first-order valence-electron chi connectivity index (χ1n) is 8.79. The summed E-state index contributed by atoms with van der Waals surface area (Å²) in [4.78, 5) is 16.9. The molecule has 0 atom stereocenters. The third kappa shape index (κ3) is 3.98. The molecule has 2 heterocycles. The molecule has 7 nitrogen and oxygen atoms in total. The zero-order valence-corrected chi connectivity index (χ0v) is 15.3. The van der Waals surface area contributed by atoms with E-state index in [0.717, 1.165) is 11.4 Å². The monoisotopic (exact) mass is 377 g/mol. The number of methoxy groups -OCH3 is 1. The van der Waals surface area contributed by atoms with Crippen LogP contribution in [0.5, 0.6) is 17.2 Å². The van der Waals surface area contributed by atoms with E-state index in [9.17, 15) is 4.79 Å². The largest absolute Gasteiger partial charge is 0.497 e. The summed E-state index contributed by atoms with van der Waals surface area (Å²) in [6.07, 6.45) is 1.58. The molecule has 2 aromatic carbocycles. The number of hydrogen-bond acceptors (Lipinski definition) is 6. The molecule has 0 bridgehead atoms. The molecule has 0 unspecified atom stereocenters. The first-order chi connectivity index (χ1) is 13.7. The van der Waals surface area contributed by atoms with Crippen molar-refractivity contribution in [1.29, 1.82) is 0 Å². The molecule has 1 aliphatic heterocycles. The fourth-order valence-corrected chi connectivity index (χ4v) is 2.81. The zero-order chi connectivity index (χ0) is 19.3. The molecule has 0 spiro atoms. The van der Waals surface area contributed by atoms with Crippen molar-refractivity contribution in [2.75, 3.05) is 31.0 Å². The van der Waals surface area contributed by atoms with Crippen molar-refractivity contribution in [2.24, 2.45) is 0 Å². The number of nitrogens with zero attached hydrogens (tertiary/aromatic N) is 1. The molecule has 7 heteroatoms. The van der Waals surface area contributed by atoms with E-state index >= 15 is 0 Å². The van der Waals surface area contributed by atoms with Crippen LogP contribution in [0.4, 0.5) is 17.2 Å². The molecule has 1 aliphatic rings. The number of pyridine rings is 1. The molecule has 0 saturated heterocycles. The van der Waals surface area contributed by atoms with E-state index < -0.39 is 0 Å². The van der Waals surface area contributed by atoms with Crippen LogP contribution in [0.25, 0.3) is 0 Å². The van der Waals surface area contributed by atoms with Crippen molar-refractivity contribution in [3.05, 3.63) is 66.4 Å². The minimum atomic E-state index is -0.243. The average Bonchev–Trinajstić information content (AvgIpc) is 2.74. The number of carbonyl (C=O) groups is 1. The van der Waals surface area contributed by atoms with E-state index in [1.54, 1.807) is 43.6 Å². The average molecular weight is 377 g/mol. The molecular formula is C21H19N3O4. The lowest BCUT2D eigenvalue weighted by atomic mass is 10.2. The van der Waals surface area contributed by atoms with Crippen molar-refractivity contribution in [3.8, 4) is 17.2 Å². The molecule has 142 valence electrons. The third-order valence-electron chi connectivity index (χ3n) is 4.16. The Labute approximate surface area is 162 Å². The van der Waals surface area contributed by atoms with Gasteiger partial charge in [-0.25, -0.2) is 4.98 Å². The minimum Gasteiger partial charge on any atom is -0.497 e. The van der Waals surface area contributed by atoms with E-state index in [-0.39, 0.29) is 5.91 Å². The number of carbonyl (C=O) groups excluding carboxylic acids is 1. The number of rotatable bonds is 5. The number of nitrogens with one attached hydrogen (secondary N) is 2. The van der Waals surface area contributed by atoms with Crippen LogP contribution in [0.2, 0.25) is 0 Å². The summed E-state index contributed by atoms with van der Waals surface area (Å²) in [7, 11) is 1.61. The first kappa shape index (κ1) is 17.7. The first-order valence-corrected chi connectivity index (χ1v) is 8.79. The number of ether oxygens (including phenoxy) is 3. The summed E-state index contributed by atoms with van der Waals surface area (Å²) in [5, 5.41) is 6.04. The lowest BCUT2D eigenvalue weighted by Crippen LogP contribution is -2.16. The Balaban J connectivity index is 1.48. The topological polar surface area (TPSA) is 81.7 Å². The second kappa shape index (κ2) is 7.87. The summed E-state index contributed by atoms with van der Waals surface area (Å²) in [5.41, 5.74) is 1.93. The highest BCUT2D eigenvalue weighted by Gasteiger charge is 2.14. The Morgan fingerprint density at radius 3 is 2.71 bits per heavy atom. The summed E-state index contributed by atoms with van der Waals surface area (Å²) >= 11 is 0. The standard InChI is InChI=1S/C21H19N3O4/c1-26-17-4-2-3-15(12-17)23-20-11-14(7-8-22-20)21(25)24-16-5-6-18-19(13-16)28-10-9-27-18/h2-8,11-13H,9-10H2,1H3,(H,22,23)(H,24,25). The lowest BCUT2D eigenvalue weighted by molar-refractivity contribution is 0.102. The molecule has 1 amide bonds. The van der Waals surface area contributed by atoms with Crippen LogP contribution in [0.1, 0.15) is 10.4 Å². The molecule has 0 fully saturated rings. The molecule has 0 aliphatic carbocycles. The summed E-state index contributed by atoms with van der Waals surface area (Å²) in [6.45, 7) is 1.02. The van der Waals surface area contributed by atoms with Gasteiger partial charge in [-0.1, -0.05) is 6.07 Å². The minimum absolute atomic E-state index is 0.243. The van der Waals surface area contributed by atoms with Crippen molar-refractivity contribution >= 4 is 23.1 Å². The van der Waals surface area contributed by atoms with Gasteiger partial charge < -0.3 is 24.8 Å². The normalized spacial score (nSPS) is 12.2. The van der Waals surface area contributed by atoms with Gasteiger partial charge >= 0.3 is 0 Å². The highest BCUT2D eigenvalue weighted by molar-refractivity contribution is 6.04. The Morgan fingerprint density at radius 2 is 1.86 bits per heavy atom. The lowest BCUT2D eigenvalue weighted by Gasteiger charge is -2.19. The van der Waals surface area contributed by atoms with Crippen molar-refractivity contribution < 1.29 is 19.0 Å². The van der Waals surface area contributed by atoms with Crippen LogP contribution in [0.15, 0.2) is 60.8 Å². The fourth-order valence-electron chi connectivity index (χ4n) is 2.81. The Bertz CT molecular complexity index is 1010. The quantitative estimate of drug-likeness (QED) is 0.703. The van der Waals surface area contributed by atoms with Crippen molar-refractivity contribution in [3.63, 3.8) is 0 Å². The van der Waals surface area contributed by atoms with Crippen LogP contribution >= 0.6 is 0 Å². The van der Waals surface area contributed by atoms with Crippen LogP contribution in [-0.2, 0) is 0 Å². The van der Waals surface area contributed by atoms with Gasteiger partial charge in [-0.15, -0.1) is 0 Å². The predicted molar refractivity (Wildman–Crippen MR) is 106 cm³/mol. The van der Waals surface area contributed by atoms with E-state index in [1.165, 1.54) is 0 Å². The second-order valence-electron chi connectivity index (χ2n) is 6.10. The Kier molecular flexibility index (Phi) is 4.97. The molecule has 2 N–H and O–H groups in total. The molecule has 3 aromatic rings. The molecule has 28 heavy (non-hydrogen) atoms. The second-order valence-corrected chi connectivity index (χ2v) is 6.10. The van der Waals surface area contributed by atoms with E-state index in [2.05, 4.69) is 15.6 Å². The zero-order valence-electron chi connectivity index (χ0n) is 15.3. The van der Waals surface area contributed by atoms with Crippen molar-refractivity contribution in [2.45, 2.75) is 0 Å². The highest BCUT2D eigenvalue weighted by Crippen LogP contribution is 2.32. The highest BCUT2D eigenvalue weighted by atomic mass is 16.6. The SMILES string of the molecule is COc1cccc(Nc2cc(C(=O)Nc3ccc4c(c3)OCCO4)ccn2)c1.